The van der Waals surface area contributed by atoms with E-state index in [4.69, 9.17) is 4.74 Å². The second-order valence-corrected chi connectivity index (χ2v) is 10.7. The van der Waals surface area contributed by atoms with Gasteiger partial charge >= 0.3 is 6.09 Å². The molecule has 2 aromatic rings. The second-order valence-electron chi connectivity index (χ2n) is 10.7. The monoisotopic (exact) mass is 525 g/mol. The number of phenolic OH excluding ortho intramolecular Hbond substituents is 1. The number of amides is 3. The van der Waals surface area contributed by atoms with Gasteiger partial charge in [0.25, 0.3) is 0 Å². The van der Waals surface area contributed by atoms with Gasteiger partial charge in [-0.25, -0.2) is 4.79 Å². The van der Waals surface area contributed by atoms with Gasteiger partial charge in [-0.15, -0.1) is 0 Å². The fourth-order valence-corrected chi connectivity index (χ4v) is 4.18. The Hall–Kier alpha value is -3.55. The summed E-state index contributed by atoms with van der Waals surface area (Å²) in [7, 11) is 0. The zero-order valence-corrected chi connectivity index (χ0v) is 23.5. The lowest BCUT2D eigenvalue weighted by Crippen LogP contribution is -2.55. The molecule has 38 heavy (non-hydrogen) atoms. The first kappa shape index (κ1) is 30.7. The average molecular weight is 526 g/mol. The van der Waals surface area contributed by atoms with Crippen LogP contribution in [0.5, 0.6) is 5.75 Å². The van der Waals surface area contributed by atoms with Crippen LogP contribution in [0.2, 0.25) is 0 Å². The quantitative estimate of drug-likeness (QED) is 0.334. The minimum absolute atomic E-state index is 0.00449. The number of aromatic hydroxyl groups is 1. The molecule has 3 amide bonds. The van der Waals surface area contributed by atoms with Gasteiger partial charge in [0, 0.05) is 19.0 Å². The highest BCUT2D eigenvalue weighted by molar-refractivity contribution is 5.92. The number of benzene rings is 2. The number of hydrogen-bond acceptors (Lipinski definition) is 5. The van der Waals surface area contributed by atoms with Crippen LogP contribution in [0.1, 0.15) is 78.0 Å². The number of carbonyl (C=O) groups excluding carboxylic acids is 3. The van der Waals surface area contributed by atoms with Crippen molar-refractivity contribution >= 4 is 17.9 Å². The molecule has 0 aromatic heterocycles. The molecule has 0 heterocycles. The van der Waals surface area contributed by atoms with E-state index < -0.39 is 35.7 Å². The third-order valence-electron chi connectivity index (χ3n) is 5.87. The number of rotatable bonds is 12. The third-order valence-corrected chi connectivity index (χ3v) is 5.87. The maximum absolute atomic E-state index is 14.2. The standard InChI is InChI=1S/C30H43N3O5/c1-7-8-12-18-31-27(35)26(23-16-13-17-24(34)20-23)33(21(2)3)28(36)25(19-22-14-10-9-11-15-22)32-29(37)38-30(4,5)6/h9-11,13-17,20-21,25-26,34H,7-8,12,18-19H2,1-6H3,(H,31,35)(H,32,37). The molecule has 8 heteroatoms. The predicted octanol–water partition coefficient (Wildman–Crippen LogP) is 5.11. The minimum atomic E-state index is -1.00. The van der Waals surface area contributed by atoms with E-state index in [9.17, 15) is 19.5 Å². The van der Waals surface area contributed by atoms with Gasteiger partial charge in [-0.2, -0.15) is 0 Å². The Bertz CT molecular complexity index is 1050. The average Bonchev–Trinajstić information content (AvgIpc) is 2.83. The fraction of sp³-hybridized carbons (Fsp3) is 0.500. The number of alkyl carbamates (subject to hydrolysis) is 1. The maximum atomic E-state index is 14.2. The van der Waals surface area contributed by atoms with Gasteiger partial charge in [0.2, 0.25) is 11.8 Å². The summed E-state index contributed by atoms with van der Waals surface area (Å²) in [6, 6.07) is 13.4. The first-order valence-electron chi connectivity index (χ1n) is 13.3. The molecule has 0 aliphatic heterocycles. The van der Waals surface area contributed by atoms with Crippen LogP contribution < -0.4 is 10.6 Å². The number of phenols is 1. The molecule has 0 aliphatic rings. The zero-order chi connectivity index (χ0) is 28.3. The summed E-state index contributed by atoms with van der Waals surface area (Å²) in [6.45, 7) is 11.5. The van der Waals surface area contributed by atoms with Gasteiger partial charge < -0.3 is 25.4 Å². The summed E-state index contributed by atoms with van der Waals surface area (Å²) in [4.78, 5) is 42.0. The fourth-order valence-electron chi connectivity index (χ4n) is 4.18. The van der Waals surface area contributed by atoms with Crippen LogP contribution in [-0.2, 0) is 20.7 Å². The maximum Gasteiger partial charge on any atom is 0.408 e. The number of nitrogens with one attached hydrogen (secondary N) is 2. The molecule has 0 saturated heterocycles. The van der Waals surface area contributed by atoms with E-state index in [-0.39, 0.29) is 18.1 Å². The van der Waals surface area contributed by atoms with E-state index in [0.29, 0.717) is 12.1 Å². The summed E-state index contributed by atoms with van der Waals surface area (Å²) in [5, 5.41) is 15.9. The molecule has 208 valence electrons. The Morgan fingerprint density at radius 1 is 1.00 bits per heavy atom. The number of nitrogens with zero attached hydrogens (tertiary/aromatic N) is 1. The Kier molecular flexibility index (Phi) is 11.6. The molecule has 2 atom stereocenters. The molecular weight excluding hydrogens is 482 g/mol. The molecule has 0 radical (unpaired) electrons. The summed E-state index contributed by atoms with van der Waals surface area (Å²) in [5.74, 6) is -0.772. The molecule has 2 aromatic carbocycles. The van der Waals surface area contributed by atoms with E-state index in [2.05, 4.69) is 17.6 Å². The van der Waals surface area contributed by atoms with Crippen LogP contribution in [0.3, 0.4) is 0 Å². The Labute approximate surface area is 226 Å². The molecule has 0 bridgehead atoms. The van der Waals surface area contributed by atoms with E-state index >= 15 is 0 Å². The Balaban J connectivity index is 2.47. The van der Waals surface area contributed by atoms with E-state index in [1.54, 1.807) is 32.9 Å². The van der Waals surface area contributed by atoms with Crippen molar-refractivity contribution in [3.05, 3.63) is 65.7 Å². The summed E-state index contributed by atoms with van der Waals surface area (Å²) in [6.07, 6.45) is 2.31. The van der Waals surface area contributed by atoms with E-state index in [0.717, 1.165) is 24.8 Å². The minimum Gasteiger partial charge on any atom is -0.508 e. The van der Waals surface area contributed by atoms with Gasteiger partial charge in [-0.05, 0) is 64.3 Å². The molecule has 8 nitrogen and oxygen atoms in total. The highest BCUT2D eigenvalue weighted by atomic mass is 16.6. The van der Waals surface area contributed by atoms with Gasteiger partial charge in [0.1, 0.15) is 23.4 Å². The van der Waals surface area contributed by atoms with Crippen molar-refractivity contribution in [2.75, 3.05) is 6.54 Å². The van der Waals surface area contributed by atoms with Gasteiger partial charge in [0.15, 0.2) is 0 Å². The second kappa shape index (κ2) is 14.4. The lowest BCUT2D eigenvalue weighted by molar-refractivity contribution is -0.144. The van der Waals surface area contributed by atoms with Crippen LogP contribution in [0.25, 0.3) is 0 Å². The summed E-state index contributed by atoms with van der Waals surface area (Å²) < 4.78 is 5.45. The van der Waals surface area contributed by atoms with Crippen LogP contribution in [0.15, 0.2) is 54.6 Å². The third kappa shape index (κ3) is 9.72. The number of hydrogen-bond donors (Lipinski definition) is 3. The number of carbonyl (C=O) groups is 3. The summed E-state index contributed by atoms with van der Waals surface area (Å²) >= 11 is 0. The molecule has 0 spiro atoms. The van der Waals surface area contributed by atoms with Gasteiger partial charge in [-0.1, -0.05) is 62.2 Å². The van der Waals surface area contributed by atoms with Crippen molar-refractivity contribution in [3.63, 3.8) is 0 Å². The van der Waals surface area contributed by atoms with Crippen LogP contribution >= 0.6 is 0 Å². The van der Waals surface area contributed by atoms with Crippen molar-refractivity contribution in [2.24, 2.45) is 0 Å². The Morgan fingerprint density at radius 3 is 2.26 bits per heavy atom. The van der Waals surface area contributed by atoms with E-state index in [1.165, 1.54) is 17.0 Å². The number of ether oxygens (including phenoxy) is 1. The lowest BCUT2D eigenvalue weighted by Gasteiger charge is -2.37. The molecule has 0 saturated carbocycles. The zero-order valence-electron chi connectivity index (χ0n) is 23.5. The van der Waals surface area contributed by atoms with Crippen molar-refractivity contribution in [1.29, 1.82) is 0 Å². The summed E-state index contributed by atoms with van der Waals surface area (Å²) in [5.41, 5.74) is 0.587. The molecular formula is C30H43N3O5. The molecule has 3 N–H and O–H groups in total. The highest BCUT2D eigenvalue weighted by Crippen LogP contribution is 2.28. The highest BCUT2D eigenvalue weighted by Gasteiger charge is 2.38. The first-order valence-corrected chi connectivity index (χ1v) is 13.3. The van der Waals surface area contributed by atoms with Crippen molar-refractivity contribution in [3.8, 4) is 5.75 Å². The van der Waals surface area contributed by atoms with Crippen molar-refractivity contribution < 1.29 is 24.2 Å². The topological polar surface area (TPSA) is 108 Å². The molecule has 0 aliphatic carbocycles. The smallest absolute Gasteiger partial charge is 0.408 e. The molecule has 0 fully saturated rings. The SMILES string of the molecule is CCCCCNC(=O)C(c1cccc(O)c1)N(C(=O)C(Cc1ccccc1)NC(=O)OC(C)(C)C)C(C)C. The normalized spacial score (nSPS) is 12.9. The first-order chi connectivity index (χ1) is 17.9. The molecule has 2 rings (SSSR count). The van der Waals surface area contributed by atoms with Crippen LogP contribution in [0, 0.1) is 0 Å². The van der Waals surface area contributed by atoms with Gasteiger partial charge in [-0.3, -0.25) is 9.59 Å². The lowest BCUT2D eigenvalue weighted by atomic mass is 9.98. The molecule has 2 unspecified atom stereocenters. The van der Waals surface area contributed by atoms with Gasteiger partial charge in [0.05, 0.1) is 0 Å². The van der Waals surface area contributed by atoms with Crippen LogP contribution in [-0.4, -0.2) is 52.1 Å². The Morgan fingerprint density at radius 2 is 1.68 bits per heavy atom. The largest absolute Gasteiger partial charge is 0.508 e. The van der Waals surface area contributed by atoms with Crippen molar-refractivity contribution in [1.82, 2.24) is 15.5 Å². The van der Waals surface area contributed by atoms with Crippen molar-refractivity contribution in [2.45, 2.75) is 91.0 Å². The van der Waals surface area contributed by atoms with Crippen LogP contribution in [0.4, 0.5) is 4.79 Å². The van der Waals surface area contributed by atoms with E-state index in [1.807, 2.05) is 44.2 Å². The predicted molar refractivity (Wildman–Crippen MR) is 149 cm³/mol. The number of unbranched alkanes of at least 4 members (excludes halogenated alkanes) is 2.